The number of fused-ring (bicyclic) bond motifs is 2. The van der Waals surface area contributed by atoms with Crippen molar-refractivity contribution in [3.8, 4) is 0 Å². The third kappa shape index (κ3) is 33.3. The van der Waals surface area contributed by atoms with E-state index in [1.807, 2.05) is 61.2 Å². The van der Waals surface area contributed by atoms with Gasteiger partial charge < -0.3 is 216 Å². The predicted octanol–water partition coefficient (Wildman–Crippen LogP) is -14.1. The Morgan fingerprint density at radius 3 is 0.722 bits per heavy atom. The monoisotopic (exact) mass is 1660 g/mol. The van der Waals surface area contributed by atoms with Crippen molar-refractivity contribution in [1.29, 1.82) is 0 Å². The first-order valence-electron chi connectivity index (χ1n) is 24.5. The number of hydrogen-bond acceptors (Lipinski definition) is 48. The van der Waals surface area contributed by atoms with Crippen molar-refractivity contribution in [3.63, 3.8) is 0 Å². The molecule has 6 heterocycles. The van der Waals surface area contributed by atoms with Crippen LogP contribution in [0, 0.1) is 0 Å². The number of hydrogen-bond donors (Lipinski definition) is 20. The van der Waals surface area contributed by atoms with E-state index in [1.54, 1.807) is 20.0 Å². The van der Waals surface area contributed by atoms with Gasteiger partial charge in [-0.15, -0.1) is 0 Å². The highest BCUT2D eigenvalue weighted by Gasteiger charge is 2.89. The molecular formula is C21H80O50Si19. The minimum atomic E-state index is -7.19. The first-order valence-corrected chi connectivity index (χ1v) is 59.6. The molecule has 24 N–H and O–H groups in total. The van der Waals surface area contributed by atoms with Crippen LogP contribution in [-0.2, 0) is 118 Å². The molecule has 540 valence electrons. The summed E-state index contributed by atoms with van der Waals surface area (Å²) in [4.78, 5) is 197. The van der Waals surface area contributed by atoms with Crippen LogP contribution in [0.4, 0.5) is 0 Å². The molecule has 0 aromatic heterocycles. The van der Waals surface area contributed by atoms with Gasteiger partial charge in [0, 0.05) is 52.8 Å². The number of rotatable bonds is 14. The molecule has 6 saturated heterocycles. The van der Waals surface area contributed by atoms with Crippen LogP contribution < -0.4 is 0 Å². The Hall–Kier alpha value is 1.80. The van der Waals surface area contributed by atoms with Crippen LogP contribution in [0.1, 0.15) is 48.5 Å². The van der Waals surface area contributed by atoms with Crippen molar-refractivity contribution in [3.05, 3.63) is 0 Å². The van der Waals surface area contributed by atoms with Gasteiger partial charge in [-0.1, -0.05) is 0 Å². The lowest BCUT2D eigenvalue weighted by atomic mass is 10.9. The summed E-state index contributed by atoms with van der Waals surface area (Å²) in [5.74, 6) is 0. The molecule has 0 saturated carbocycles. The molecule has 0 aromatic rings. The molecule has 0 amide bonds. The second-order valence-electron chi connectivity index (χ2n) is 17.6. The standard InChI is InChI=1S/C9H24O4Si2.C6H16O2Si.C4H12O2Si.C2H6O.H18O37Si14.O2Si.2H2O/c1-7-10-14(4,5)13-15(6,11-8-2)12-9-3;1-5-7-9(3,4)8-6-2;1-4-6-7(2,3)5;1-2-3;1-38(2)19-39(3,4)26-48(25-38)29-43(11,12)23-47(18)22-42(9,10)21-46(17)24-44(13,14)30-50(33-46)32-45(15,16)31-49(36-51(34-47,35-48)37-50)27-40(5,6)20-41(7,8)28-49;1-3-2;;/h7-9H2,1-6H3;5-6H2,1-4H3;5H,4H2,1-3H3;3H,2H2,1H3;1-18H;;2*1H2. The zero-order valence-electron chi connectivity index (χ0n) is 49.8. The quantitative estimate of drug-likeness (QED) is 0.0718. The van der Waals surface area contributed by atoms with E-state index in [0.717, 1.165) is 13.2 Å². The Balaban J connectivity index is 0. The van der Waals surface area contributed by atoms with Gasteiger partial charge in [-0.25, -0.2) is 0 Å². The maximum absolute atomic E-state index is 11.3. The maximum atomic E-state index is 11.3. The fraction of sp³-hybridized carbons (Fsp3) is 1.00. The van der Waals surface area contributed by atoms with E-state index in [4.69, 9.17) is 74.2 Å². The van der Waals surface area contributed by atoms with Crippen LogP contribution in [0.5, 0.6) is 0 Å². The van der Waals surface area contributed by atoms with Gasteiger partial charge in [0.25, 0.3) is 0 Å². The molecule has 0 aliphatic carbocycles. The smallest absolute Gasteiger partial charge is 0.412 e. The van der Waals surface area contributed by atoms with Gasteiger partial charge in [-0.3, -0.25) is 8.92 Å². The minimum Gasteiger partial charge on any atom is -0.412 e. The predicted molar refractivity (Wildman–Crippen MR) is 305 cm³/mol. The largest absolute Gasteiger partial charge is 0.662 e. The van der Waals surface area contributed by atoms with Gasteiger partial charge in [0.05, 0.1) is 0 Å². The molecule has 6 fully saturated rings. The van der Waals surface area contributed by atoms with Crippen LogP contribution >= 0.6 is 0 Å². The molecule has 6 rings (SSSR count). The molecule has 4 unspecified atom stereocenters. The van der Waals surface area contributed by atoms with Crippen LogP contribution in [0.25, 0.3) is 0 Å². The zero-order chi connectivity index (χ0) is 69.0. The van der Waals surface area contributed by atoms with Crippen molar-refractivity contribution in [2.24, 2.45) is 0 Å². The van der Waals surface area contributed by atoms with Crippen LogP contribution in [0.2, 0.25) is 45.8 Å². The van der Waals surface area contributed by atoms with Gasteiger partial charge in [0.2, 0.25) is 0 Å². The van der Waals surface area contributed by atoms with Crippen LogP contribution in [0.3, 0.4) is 0 Å². The highest BCUT2D eigenvalue weighted by atomic mass is 28.7. The third-order valence-corrected chi connectivity index (χ3v) is 56.4. The molecule has 69 heteroatoms. The summed E-state index contributed by atoms with van der Waals surface area (Å²) in [6.45, 7) is 31.3. The molecule has 0 aromatic carbocycles. The highest BCUT2D eigenvalue weighted by molar-refractivity contribution is 6.97. The van der Waals surface area contributed by atoms with Crippen molar-refractivity contribution >= 4 is 170 Å². The van der Waals surface area contributed by atoms with E-state index in [-0.39, 0.29) is 17.6 Å². The molecule has 6 aliphatic rings. The third-order valence-electron chi connectivity index (χ3n) is 8.12. The van der Waals surface area contributed by atoms with Gasteiger partial charge >= 0.3 is 170 Å². The molecule has 4 spiro atoms. The molecule has 90 heavy (non-hydrogen) atoms. The molecular weight excluding hydrogens is 1590 g/mol. The lowest BCUT2D eigenvalue weighted by molar-refractivity contribution is -0.125. The van der Waals surface area contributed by atoms with Crippen LogP contribution in [0.15, 0.2) is 0 Å². The zero-order valence-corrected chi connectivity index (χ0v) is 68.8. The number of aliphatic hydroxyl groups is 1. The first-order chi connectivity index (χ1) is 39.3. The van der Waals surface area contributed by atoms with E-state index < -0.39 is 170 Å². The summed E-state index contributed by atoms with van der Waals surface area (Å²) in [7, 11) is -102. The van der Waals surface area contributed by atoms with Gasteiger partial charge in [-0.05, 0) is 87.7 Å². The summed E-state index contributed by atoms with van der Waals surface area (Å²) in [5.41, 5.74) is 0. The molecule has 50 nitrogen and oxygen atoms in total. The highest BCUT2D eigenvalue weighted by Crippen LogP contribution is 2.45. The summed E-state index contributed by atoms with van der Waals surface area (Å²) in [6, 6.07) is 0. The lowest BCUT2D eigenvalue weighted by Crippen LogP contribution is -2.88. The first kappa shape index (κ1) is 93.9. The van der Waals surface area contributed by atoms with E-state index in [2.05, 4.69) is 66.6 Å². The summed E-state index contributed by atoms with van der Waals surface area (Å²) in [6.07, 6.45) is 0. The Kier molecular flexibility index (Phi) is 36.9. The van der Waals surface area contributed by atoms with E-state index in [9.17, 15) is 86.3 Å². The SMILES string of the molecule is CCO.CCO[Si](C)(C)O.CCO[Si](C)(C)OCC.CCO[Si](C)(C)O[Si](C)(OCC)OCC.O.O.O=[Si]=O.O[Si]1(O)O[Si]2(O)O[Si](O)(O)O[Si]3(O[Si](O)(O)O[Si]4(O[Si](O)(O)O[Si](O)(O)O4)O[Si]4(O[Si](O)(O1)O[Si](O)(O)O[Si]1(O[Si](O)(O)O[Si](O)(O)O1)O4)O3)O2. The Morgan fingerprint density at radius 2 is 0.500 bits per heavy atom. The van der Waals surface area contributed by atoms with Crippen LogP contribution in [-0.4, -0.2) is 324 Å². The maximum Gasteiger partial charge on any atom is 0.662 e. The van der Waals surface area contributed by atoms with E-state index >= 15 is 0 Å². The average Bonchev–Trinajstić information content (AvgIpc) is 0.721. The fourth-order valence-electron chi connectivity index (χ4n) is 6.43. The van der Waals surface area contributed by atoms with Crippen molar-refractivity contribution in [2.45, 2.75) is 94.3 Å². The van der Waals surface area contributed by atoms with Gasteiger partial charge in [-0.2, -0.15) is 0 Å². The average molecular weight is 1670 g/mol. The molecule has 6 aliphatic heterocycles. The topological polar surface area (TPSA) is 742 Å². The number of aliphatic hydroxyl groups excluding tert-OH is 1. The van der Waals surface area contributed by atoms with Crippen molar-refractivity contribution in [1.82, 2.24) is 0 Å². The van der Waals surface area contributed by atoms with E-state index in [0.29, 0.717) is 26.4 Å². The van der Waals surface area contributed by atoms with Gasteiger partial charge in [0.15, 0.2) is 0 Å². The molecule has 4 atom stereocenters. The normalized spacial score (nSPS) is 29.5. The Labute approximate surface area is 533 Å². The fourth-order valence-corrected chi connectivity index (χ4v) is 60.1. The van der Waals surface area contributed by atoms with Gasteiger partial charge in [0.1, 0.15) is 0 Å². The second kappa shape index (κ2) is 35.4. The second-order valence-corrected chi connectivity index (χ2v) is 60.9. The van der Waals surface area contributed by atoms with E-state index in [1.165, 1.54) is 0 Å². The summed E-state index contributed by atoms with van der Waals surface area (Å²) in [5, 5.41) is 7.57. The Morgan fingerprint density at radius 1 is 0.311 bits per heavy atom. The molecule has 0 radical (unpaired) electrons. The summed E-state index contributed by atoms with van der Waals surface area (Å²) < 4.78 is 143. The Bertz CT molecular complexity index is 2090. The lowest BCUT2D eigenvalue weighted by Gasteiger charge is -2.52. The van der Waals surface area contributed by atoms with Crippen molar-refractivity contribution in [2.75, 3.05) is 46.2 Å². The van der Waals surface area contributed by atoms with Crippen molar-refractivity contribution < 1.29 is 225 Å². The molecule has 4 bridgehead atoms. The minimum absolute atomic E-state index is 0. The summed E-state index contributed by atoms with van der Waals surface area (Å²) >= 11 is 0.